The number of pyridine rings is 1. The minimum Gasteiger partial charge on any atom is -0.433 e. The molecule has 34 heavy (non-hydrogen) atoms. The normalized spacial score (nSPS) is 14.4. The highest BCUT2D eigenvalue weighted by Gasteiger charge is 2.19. The zero-order valence-electron chi connectivity index (χ0n) is 18.3. The summed E-state index contributed by atoms with van der Waals surface area (Å²) in [5.74, 6) is 0.212. The number of allylic oxidation sites excluding steroid dienone is 1. The zero-order chi connectivity index (χ0) is 23.5. The number of morpholine rings is 1. The predicted molar refractivity (Wildman–Crippen MR) is 129 cm³/mol. The van der Waals surface area contributed by atoms with E-state index in [1.807, 2.05) is 30.3 Å². The van der Waals surface area contributed by atoms with E-state index in [0.29, 0.717) is 37.1 Å². The lowest BCUT2D eigenvalue weighted by molar-refractivity contribution is -0.0490. The van der Waals surface area contributed by atoms with Crippen LogP contribution in [0, 0.1) is 0 Å². The van der Waals surface area contributed by atoms with Crippen molar-refractivity contribution in [2.24, 2.45) is 0 Å². The molecule has 2 heterocycles. The van der Waals surface area contributed by atoms with E-state index in [4.69, 9.17) is 14.5 Å². The Morgan fingerprint density at radius 1 is 1.00 bits per heavy atom. The number of fused-ring (bicyclic) bond motifs is 2. The smallest absolute Gasteiger partial charge is 0.387 e. The maximum Gasteiger partial charge on any atom is 0.387 e. The van der Waals surface area contributed by atoms with Crippen LogP contribution in [0.1, 0.15) is 15.9 Å². The molecule has 0 saturated carbocycles. The monoisotopic (exact) mass is 460 g/mol. The van der Waals surface area contributed by atoms with Crippen molar-refractivity contribution in [2.75, 3.05) is 31.2 Å². The van der Waals surface area contributed by atoms with Gasteiger partial charge in [0.2, 0.25) is 0 Å². The molecule has 0 amide bonds. The van der Waals surface area contributed by atoms with Crippen molar-refractivity contribution in [2.45, 2.75) is 6.61 Å². The van der Waals surface area contributed by atoms with Gasteiger partial charge in [-0.15, -0.1) is 0 Å². The van der Waals surface area contributed by atoms with Crippen LogP contribution >= 0.6 is 0 Å². The SMILES string of the molecule is O=C(/C=C/c1cc2ccccc2nc1N1CCOCC1)c1ccc2ccccc2c1OC(F)F. The molecule has 0 radical (unpaired) electrons. The topological polar surface area (TPSA) is 51.7 Å². The summed E-state index contributed by atoms with van der Waals surface area (Å²) in [7, 11) is 0. The Bertz CT molecular complexity index is 1380. The molecule has 0 unspecified atom stereocenters. The summed E-state index contributed by atoms with van der Waals surface area (Å²) in [6, 6.07) is 20.0. The van der Waals surface area contributed by atoms with Crippen LogP contribution in [0.15, 0.2) is 72.8 Å². The number of rotatable bonds is 6. The summed E-state index contributed by atoms with van der Waals surface area (Å²) in [6.45, 7) is -0.461. The molecule has 5 nitrogen and oxygen atoms in total. The molecule has 4 aromatic rings. The number of hydrogen-bond donors (Lipinski definition) is 0. The average molecular weight is 460 g/mol. The van der Waals surface area contributed by atoms with Gasteiger partial charge in [-0.1, -0.05) is 48.5 Å². The molecule has 3 aromatic carbocycles. The fraction of sp³-hybridized carbons (Fsp3) is 0.185. The number of carbonyl (C=O) groups excluding carboxylic acids is 1. The molecule has 0 N–H and O–H groups in total. The Hall–Kier alpha value is -3.84. The second-order valence-corrected chi connectivity index (χ2v) is 7.93. The molecule has 0 atom stereocenters. The molecule has 0 aliphatic carbocycles. The molecule has 0 bridgehead atoms. The fourth-order valence-corrected chi connectivity index (χ4v) is 4.18. The number of aromatic nitrogens is 1. The van der Waals surface area contributed by atoms with Gasteiger partial charge < -0.3 is 14.4 Å². The minimum atomic E-state index is -3.04. The average Bonchev–Trinajstić information content (AvgIpc) is 2.87. The molecule has 1 saturated heterocycles. The first kappa shape index (κ1) is 22.0. The quantitative estimate of drug-likeness (QED) is 0.272. The summed E-state index contributed by atoms with van der Waals surface area (Å²) >= 11 is 0. The van der Waals surface area contributed by atoms with Crippen LogP contribution in [-0.4, -0.2) is 43.7 Å². The van der Waals surface area contributed by atoms with E-state index in [2.05, 4.69) is 4.90 Å². The number of ketones is 1. The third-order valence-electron chi connectivity index (χ3n) is 5.81. The third kappa shape index (κ3) is 4.47. The second kappa shape index (κ2) is 9.57. The van der Waals surface area contributed by atoms with Gasteiger partial charge >= 0.3 is 6.61 Å². The Balaban J connectivity index is 1.55. The molecule has 1 fully saturated rings. The minimum absolute atomic E-state index is 0.0805. The summed E-state index contributed by atoms with van der Waals surface area (Å²) in [5.41, 5.74) is 1.71. The lowest BCUT2D eigenvalue weighted by Gasteiger charge is -2.29. The Morgan fingerprint density at radius 2 is 1.74 bits per heavy atom. The number of para-hydroxylation sites is 1. The number of ether oxygens (including phenoxy) is 2. The van der Waals surface area contributed by atoms with Crippen molar-refractivity contribution in [1.82, 2.24) is 4.98 Å². The summed E-state index contributed by atoms with van der Waals surface area (Å²) < 4.78 is 36.6. The van der Waals surface area contributed by atoms with Crippen molar-refractivity contribution >= 4 is 39.4 Å². The highest BCUT2D eigenvalue weighted by molar-refractivity contribution is 6.12. The number of carbonyl (C=O) groups is 1. The van der Waals surface area contributed by atoms with Gasteiger partial charge in [-0.3, -0.25) is 4.79 Å². The fourth-order valence-electron chi connectivity index (χ4n) is 4.18. The van der Waals surface area contributed by atoms with E-state index >= 15 is 0 Å². The van der Waals surface area contributed by atoms with Crippen LogP contribution in [0.5, 0.6) is 5.75 Å². The van der Waals surface area contributed by atoms with Gasteiger partial charge in [-0.25, -0.2) is 4.98 Å². The van der Waals surface area contributed by atoms with Crippen LogP contribution < -0.4 is 9.64 Å². The Morgan fingerprint density at radius 3 is 2.53 bits per heavy atom. The number of benzene rings is 3. The highest BCUT2D eigenvalue weighted by atomic mass is 19.3. The number of anilines is 1. The number of hydrogen-bond acceptors (Lipinski definition) is 5. The molecular formula is C27H22F2N2O3. The van der Waals surface area contributed by atoms with E-state index in [0.717, 1.165) is 22.3 Å². The maximum absolute atomic E-state index is 13.2. The van der Waals surface area contributed by atoms with Gasteiger partial charge in [0.25, 0.3) is 0 Å². The number of halogens is 2. The van der Waals surface area contributed by atoms with Gasteiger partial charge in [0.15, 0.2) is 5.78 Å². The number of nitrogens with zero attached hydrogens (tertiary/aromatic N) is 2. The lowest BCUT2D eigenvalue weighted by Crippen LogP contribution is -2.37. The van der Waals surface area contributed by atoms with Crippen molar-refractivity contribution < 1.29 is 23.0 Å². The van der Waals surface area contributed by atoms with Crippen LogP contribution in [0.4, 0.5) is 14.6 Å². The first-order valence-electron chi connectivity index (χ1n) is 11.0. The second-order valence-electron chi connectivity index (χ2n) is 7.93. The first-order valence-corrected chi connectivity index (χ1v) is 11.0. The van der Waals surface area contributed by atoms with Gasteiger partial charge in [-0.2, -0.15) is 8.78 Å². The lowest BCUT2D eigenvalue weighted by atomic mass is 10.0. The maximum atomic E-state index is 13.2. The molecule has 7 heteroatoms. The van der Waals surface area contributed by atoms with Crippen LogP contribution in [0.2, 0.25) is 0 Å². The van der Waals surface area contributed by atoms with Gasteiger partial charge in [-0.05, 0) is 35.7 Å². The van der Waals surface area contributed by atoms with Crippen LogP contribution in [0.3, 0.4) is 0 Å². The highest BCUT2D eigenvalue weighted by Crippen LogP contribution is 2.32. The summed E-state index contributed by atoms with van der Waals surface area (Å²) in [4.78, 5) is 20.1. The van der Waals surface area contributed by atoms with Gasteiger partial charge in [0.1, 0.15) is 11.6 Å². The number of alkyl halides is 2. The first-order chi connectivity index (χ1) is 16.6. The summed E-state index contributed by atoms with van der Waals surface area (Å²) in [6.07, 6.45) is 3.08. The van der Waals surface area contributed by atoms with Crippen LogP contribution in [0.25, 0.3) is 27.8 Å². The zero-order valence-corrected chi connectivity index (χ0v) is 18.3. The largest absolute Gasteiger partial charge is 0.433 e. The third-order valence-corrected chi connectivity index (χ3v) is 5.81. The predicted octanol–water partition coefficient (Wildman–Crippen LogP) is 5.72. The molecule has 5 rings (SSSR count). The Labute approximate surface area is 195 Å². The van der Waals surface area contributed by atoms with E-state index < -0.39 is 12.4 Å². The summed E-state index contributed by atoms with van der Waals surface area (Å²) in [5, 5.41) is 2.12. The van der Waals surface area contributed by atoms with Crippen molar-refractivity contribution in [3.63, 3.8) is 0 Å². The van der Waals surface area contributed by atoms with Crippen molar-refractivity contribution in [3.05, 3.63) is 83.9 Å². The van der Waals surface area contributed by atoms with Crippen molar-refractivity contribution in [3.8, 4) is 5.75 Å². The van der Waals surface area contributed by atoms with Crippen LogP contribution in [-0.2, 0) is 4.74 Å². The van der Waals surface area contributed by atoms with Gasteiger partial charge in [0, 0.05) is 29.4 Å². The standard InChI is InChI=1S/C27H22F2N2O3/c28-27(29)34-25-21-7-3-1-5-18(21)9-11-22(25)24(32)12-10-20-17-19-6-2-4-8-23(19)30-26(20)31-13-15-33-16-14-31/h1-12,17,27H,13-16H2/b12-10+. The molecule has 1 aliphatic rings. The van der Waals surface area contributed by atoms with E-state index in [-0.39, 0.29) is 11.3 Å². The van der Waals surface area contributed by atoms with Crippen molar-refractivity contribution in [1.29, 1.82) is 0 Å². The molecule has 0 spiro atoms. The molecule has 172 valence electrons. The Kier molecular flexibility index (Phi) is 6.18. The van der Waals surface area contributed by atoms with Gasteiger partial charge in [0.05, 0.1) is 24.3 Å². The van der Waals surface area contributed by atoms with E-state index in [1.165, 1.54) is 12.1 Å². The van der Waals surface area contributed by atoms with E-state index in [1.54, 1.807) is 36.4 Å². The molecule has 1 aromatic heterocycles. The molecular weight excluding hydrogens is 438 g/mol. The molecule has 1 aliphatic heterocycles. The van der Waals surface area contributed by atoms with E-state index in [9.17, 15) is 13.6 Å².